The van der Waals surface area contributed by atoms with Crippen molar-refractivity contribution in [2.75, 3.05) is 0 Å². The Hall–Kier alpha value is -1.39. The Morgan fingerprint density at radius 1 is 1.22 bits per heavy atom. The molecule has 3 N–H and O–H groups in total. The summed E-state index contributed by atoms with van der Waals surface area (Å²) in [5, 5.41) is 27.3. The SMILES string of the molecule is C=C1CC[C@H](/C=C/CC(C)(C)CCCC)[C@H]1C/C=C\CCC(O)(O)C(=O)O. The van der Waals surface area contributed by atoms with E-state index < -0.39 is 11.8 Å². The second kappa shape index (κ2) is 10.8. The smallest absolute Gasteiger partial charge is 0.364 e. The van der Waals surface area contributed by atoms with Crippen molar-refractivity contribution in [3.8, 4) is 0 Å². The molecule has 0 bridgehead atoms. The Labute approximate surface area is 164 Å². The minimum atomic E-state index is -2.64. The standard InChI is InChI=1S/C23H38O4/c1-5-6-15-22(3,4)16-10-11-19-14-13-18(2)20(19)12-8-7-9-17-23(26,27)21(24)25/h7-8,10-11,19-20,26-27H,2,5-6,9,12-17H2,1,3-4H3,(H,24,25)/b8-7-,11-10+/t19-,20-/m0/s1. The van der Waals surface area contributed by atoms with Gasteiger partial charge in [-0.3, -0.25) is 0 Å². The number of aliphatic hydroxyl groups is 2. The molecular formula is C23H38O4. The van der Waals surface area contributed by atoms with E-state index in [1.807, 2.05) is 12.2 Å². The normalized spacial score (nSPS) is 21.6. The first-order valence-electron chi connectivity index (χ1n) is 10.3. The quantitative estimate of drug-likeness (QED) is 0.321. The van der Waals surface area contributed by atoms with E-state index in [1.54, 1.807) is 0 Å². The first-order valence-corrected chi connectivity index (χ1v) is 10.3. The van der Waals surface area contributed by atoms with E-state index in [2.05, 4.69) is 39.5 Å². The first-order chi connectivity index (χ1) is 12.6. The fourth-order valence-electron chi connectivity index (χ4n) is 3.68. The summed E-state index contributed by atoms with van der Waals surface area (Å²) in [6, 6.07) is 0. The Kier molecular flexibility index (Phi) is 9.48. The zero-order chi connectivity index (χ0) is 20.5. The van der Waals surface area contributed by atoms with Gasteiger partial charge in [0.1, 0.15) is 0 Å². The van der Waals surface area contributed by atoms with Crippen LogP contribution in [0.3, 0.4) is 0 Å². The minimum Gasteiger partial charge on any atom is -0.477 e. The van der Waals surface area contributed by atoms with E-state index in [0.29, 0.717) is 23.7 Å². The molecule has 1 aliphatic carbocycles. The summed E-state index contributed by atoms with van der Waals surface area (Å²) in [7, 11) is 0. The molecule has 154 valence electrons. The zero-order valence-corrected chi connectivity index (χ0v) is 17.3. The molecule has 0 aromatic heterocycles. The third kappa shape index (κ3) is 8.44. The lowest BCUT2D eigenvalue weighted by Crippen LogP contribution is -2.37. The lowest BCUT2D eigenvalue weighted by Gasteiger charge is -2.23. The van der Waals surface area contributed by atoms with Gasteiger partial charge in [-0.2, -0.15) is 0 Å². The molecule has 2 atom stereocenters. The van der Waals surface area contributed by atoms with Gasteiger partial charge in [0.05, 0.1) is 0 Å². The molecule has 1 saturated carbocycles. The molecule has 1 rings (SSSR count). The van der Waals surface area contributed by atoms with E-state index >= 15 is 0 Å². The molecule has 1 aliphatic rings. The van der Waals surface area contributed by atoms with E-state index in [1.165, 1.54) is 24.8 Å². The van der Waals surface area contributed by atoms with Gasteiger partial charge in [0, 0.05) is 6.42 Å². The highest BCUT2D eigenvalue weighted by molar-refractivity contribution is 5.74. The van der Waals surface area contributed by atoms with Crippen LogP contribution < -0.4 is 0 Å². The molecule has 4 heteroatoms. The predicted molar refractivity (Wildman–Crippen MR) is 110 cm³/mol. The van der Waals surface area contributed by atoms with Crippen molar-refractivity contribution in [1.29, 1.82) is 0 Å². The Balaban J connectivity index is 2.49. The van der Waals surface area contributed by atoms with E-state index in [0.717, 1.165) is 25.7 Å². The van der Waals surface area contributed by atoms with Crippen LogP contribution in [0, 0.1) is 17.3 Å². The Morgan fingerprint density at radius 3 is 2.56 bits per heavy atom. The topological polar surface area (TPSA) is 77.8 Å². The number of rotatable bonds is 12. The van der Waals surface area contributed by atoms with E-state index in [4.69, 9.17) is 5.11 Å². The van der Waals surface area contributed by atoms with Crippen molar-refractivity contribution in [1.82, 2.24) is 0 Å². The number of hydrogen-bond acceptors (Lipinski definition) is 3. The zero-order valence-electron chi connectivity index (χ0n) is 17.3. The molecule has 0 saturated heterocycles. The van der Waals surface area contributed by atoms with Gasteiger partial charge < -0.3 is 15.3 Å². The summed E-state index contributed by atoms with van der Waals surface area (Å²) in [6.07, 6.45) is 16.6. The van der Waals surface area contributed by atoms with Crippen LogP contribution in [-0.2, 0) is 4.79 Å². The summed E-state index contributed by atoms with van der Waals surface area (Å²) in [5.41, 5.74) is 1.63. The molecular weight excluding hydrogens is 340 g/mol. The van der Waals surface area contributed by atoms with Crippen LogP contribution in [-0.4, -0.2) is 27.1 Å². The lowest BCUT2D eigenvalue weighted by atomic mass is 9.83. The van der Waals surface area contributed by atoms with Gasteiger partial charge in [-0.1, -0.05) is 70.1 Å². The summed E-state index contributed by atoms with van der Waals surface area (Å²) in [5.74, 6) is -3.31. The van der Waals surface area contributed by atoms with Gasteiger partial charge in [0.15, 0.2) is 0 Å². The average Bonchev–Trinajstić information content (AvgIpc) is 2.92. The van der Waals surface area contributed by atoms with Gasteiger partial charge in [0.2, 0.25) is 0 Å². The summed E-state index contributed by atoms with van der Waals surface area (Å²) in [6.45, 7) is 11.1. The van der Waals surface area contributed by atoms with Crippen LogP contribution in [0.2, 0.25) is 0 Å². The third-order valence-electron chi connectivity index (χ3n) is 5.66. The minimum absolute atomic E-state index is 0.208. The first kappa shape index (κ1) is 23.6. The number of carboxylic acids is 1. The second-order valence-electron chi connectivity index (χ2n) is 8.73. The van der Waals surface area contributed by atoms with Gasteiger partial charge in [0.25, 0.3) is 5.79 Å². The van der Waals surface area contributed by atoms with Gasteiger partial charge >= 0.3 is 5.97 Å². The molecule has 0 amide bonds. The number of hydrogen-bond donors (Lipinski definition) is 3. The van der Waals surface area contributed by atoms with E-state index in [9.17, 15) is 15.0 Å². The van der Waals surface area contributed by atoms with Crippen molar-refractivity contribution in [3.63, 3.8) is 0 Å². The number of allylic oxidation sites excluding steroid dienone is 5. The number of carbonyl (C=O) groups is 1. The van der Waals surface area contributed by atoms with Crippen LogP contribution in [0.4, 0.5) is 0 Å². The molecule has 0 aromatic carbocycles. The molecule has 0 spiro atoms. The summed E-state index contributed by atoms with van der Waals surface area (Å²) in [4.78, 5) is 10.7. The largest absolute Gasteiger partial charge is 0.477 e. The van der Waals surface area contributed by atoms with Crippen molar-refractivity contribution >= 4 is 5.97 Å². The molecule has 0 aliphatic heterocycles. The molecule has 27 heavy (non-hydrogen) atoms. The van der Waals surface area contributed by atoms with Crippen LogP contribution >= 0.6 is 0 Å². The number of unbranched alkanes of at least 4 members (excludes halogenated alkanes) is 1. The number of carboxylic acid groups (broad SMARTS) is 1. The average molecular weight is 379 g/mol. The fourth-order valence-corrected chi connectivity index (χ4v) is 3.68. The maximum absolute atomic E-state index is 10.7. The van der Waals surface area contributed by atoms with Crippen LogP contribution in [0.15, 0.2) is 36.5 Å². The molecule has 0 radical (unpaired) electrons. The van der Waals surface area contributed by atoms with Crippen LogP contribution in [0.5, 0.6) is 0 Å². The van der Waals surface area contributed by atoms with Gasteiger partial charge in [-0.05, 0) is 55.8 Å². The Bertz CT molecular complexity index is 543. The maximum atomic E-state index is 10.7. The highest BCUT2D eigenvalue weighted by Crippen LogP contribution is 2.39. The van der Waals surface area contributed by atoms with Crippen molar-refractivity contribution in [2.24, 2.45) is 17.3 Å². The fraction of sp³-hybridized carbons (Fsp3) is 0.696. The second-order valence-corrected chi connectivity index (χ2v) is 8.73. The Morgan fingerprint density at radius 2 is 1.93 bits per heavy atom. The van der Waals surface area contributed by atoms with Crippen molar-refractivity contribution in [3.05, 3.63) is 36.5 Å². The highest BCUT2D eigenvalue weighted by Gasteiger charge is 2.32. The lowest BCUT2D eigenvalue weighted by molar-refractivity contribution is -0.205. The number of aliphatic carboxylic acids is 1. The van der Waals surface area contributed by atoms with Crippen LogP contribution in [0.25, 0.3) is 0 Å². The summed E-state index contributed by atoms with van der Waals surface area (Å²) < 4.78 is 0. The van der Waals surface area contributed by atoms with Gasteiger partial charge in [-0.15, -0.1) is 0 Å². The van der Waals surface area contributed by atoms with Gasteiger partial charge in [-0.25, -0.2) is 4.79 Å². The monoisotopic (exact) mass is 378 g/mol. The summed E-state index contributed by atoms with van der Waals surface area (Å²) >= 11 is 0. The molecule has 0 unspecified atom stereocenters. The molecule has 0 aromatic rings. The van der Waals surface area contributed by atoms with Crippen LogP contribution in [0.1, 0.15) is 78.6 Å². The molecule has 4 nitrogen and oxygen atoms in total. The van der Waals surface area contributed by atoms with Crippen molar-refractivity contribution in [2.45, 2.75) is 84.3 Å². The molecule has 0 heterocycles. The van der Waals surface area contributed by atoms with E-state index in [-0.39, 0.29) is 6.42 Å². The highest BCUT2D eigenvalue weighted by atomic mass is 16.5. The molecule has 1 fully saturated rings. The predicted octanol–water partition coefficient (Wildman–Crippen LogP) is 5.22. The third-order valence-corrected chi connectivity index (χ3v) is 5.66. The van der Waals surface area contributed by atoms with Crippen molar-refractivity contribution < 1.29 is 20.1 Å². The maximum Gasteiger partial charge on any atom is 0.364 e.